The van der Waals surface area contributed by atoms with Crippen LogP contribution in [-0.2, 0) is 0 Å². The predicted molar refractivity (Wildman–Crippen MR) is 54.9 cm³/mol. The lowest BCUT2D eigenvalue weighted by Crippen LogP contribution is -2.06. The fourth-order valence-electron chi connectivity index (χ4n) is 0.944. The first-order valence-corrected chi connectivity index (χ1v) is 5.41. The highest BCUT2D eigenvalue weighted by Crippen LogP contribution is 2.29. The second kappa shape index (κ2) is 3.72. The molecule has 2 rings (SSSR count). The van der Waals surface area contributed by atoms with Crippen LogP contribution in [0.25, 0.3) is 11.4 Å². The van der Waals surface area contributed by atoms with Crippen LogP contribution < -0.4 is 5.32 Å². The minimum Gasteiger partial charge on any atom is -0.465 e. The van der Waals surface area contributed by atoms with E-state index in [0.29, 0.717) is 16.4 Å². The van der Waals surface area contributed by atoms with Gasteiger partial charge in [-0.3, -0.25) is 5.32 Å². The van der Waals surface area contributed by atoms with Gasteiger partial charge in [0.1, 0.15) is 16.4 Å². The second-order valence-electron chi connectivity index (χ2n) is 2.33. The first kappa shape index (κ1) is 9.10. The maximum Gasteiger partial charge on any atom is 0.409 e. The molecule has 0 bridgehead atoms. The Balaban J connectivity index is 2.35. The smallest absolute Gasteiger partial charge is 0.409 e. The Morgan fingerprint density at radius 3 is 2.93 bits per heavy atom. The molecular formula is C7H5N3O2S2. The van der Waals surface area contributed by atoms with Crippen LogP contribution in [0.4, 0.5) is 9.80 Å². The van der Waals surface area contributed by atoms with E-state index in [-0.39, 0.29) is 0 Å². The molecule has 0 aromatic carbocycles. The van der Waals surface area contributed by atoms with E-state index in [4.69, 9.17) is 5.11 Å². The van der Waals surface area contributed by atoms with E-state index in [1.165, 1.54) is 22.7 Å². The number of anilines is 1. The van der Waals surface area contributed by atoms with Gasteiger partial charge < -0.3 is 5.11 Å². The summed E-state index contributed by atoms with van der Waals surface area (Å²) in [5.74, 6) is 0. The van der Waals surface area contributed by atoms with Crippen molar-refractivity contribution in [3.8, 4) is 11.4 Å². The zero-order chi connectivity index (χ0) is 9.97. The van der Waals surface area contributed by atoms with Gasteiger partial charge in [-0.05, 0) is 0 Å². The highest BCUT2D eigenvalue weighted by molar-refractivity contribution is 7.14. The van der Waals surface area contributed by atoms with Crippen LogP contribution in [0.3, 0.4) is 0 Å². The number of hydrogen-bond donors (Lipinski definition) is 2. The van der Waals surface area contributed by atoms with Crippen LogP contribution in [0.1, 0.15) is 0 Å². The average Bonchev–Trinajstić information content (AvgIpc) is 2.70. The number of carboxylic acid groups (broad SMARTS) is 1. The molecule has 1 amide bonds. The van der Waals surface area contributed by atoms with Crippen LogP contribution in [0.15, 0.2) is 16.4 Å². The number of carbonyl (C=O) groups is 1. The van der Waals surface area contributed by atoms with Crippen molar-refractivity contribution in [1.82, 2.24) is 9.97 Å². The normalized spacial score (nSPS) is 10.0. The van der Waals surface area contributed by atoms with Crippen molar-refractivity contribution in [3.63, 3.8) is 0 Å². The Morgan fingerprint density at radius 2 is 2.29 bits per heavy atom. The van der Waals surface area contributed by atoms with Crippen molar-refractivity contribution < 1.29 is 9.90 Å². The van der Waals surface area contributed by atoms with Crippen LogP contribution in [0.5, 0.6) is 0 Å². The van der Waals surface area contributed by atoms with E-state index in [0.717, 1.165) is 0 Å². The quantitative estimate of drug-likeness (QED) is 0.825. The van der Waals surface area contributed by atoms with Crippen molar-refractivity contribution in [2.75, 3.05) is 5.32 Å². The molecule has 5 nitrogen and oxygen atoms in total. The van der Waals surface area contributed by atoms with Gasteiger partial charge >= 0.3 is 6.09 Å². The maximum absolute atomic E-state index is 10.4. The van der Waals surface area contributed by atoms with Gasteiger partial charge in [-0.1, -0.05) is 0 Å². The summed E-state index contributed by atoms with van der Waals surface area (Å²) in [6.45, 7) is 0. The number of hydrogen-bond acceptors (Lipinski definition) is 5. The molecule has 2 aromatic heterocycles. The molecular weight excluding hydrogens is 222 g/mol. The summed E-state index contributed by atoms with van der Waals surface area (Å²) in [5.41, 5.74) is 4.54. The fraction of sp³-hybridized carbons (Fsp3) is 0. The molecule has 2 aromatic rings. The Hall–Kier alpha value is -1.47. The lowest BCUT2D eigenvalue weighted by atomic mass is 10.3. The van der Waals surface area contributed by atoms with E-state index in [9.17, 15) is 4.79 Å². The van der Waals surface area contributed by atoms with E-state index < -0.39 is 6.09 Å². The van der Waals surface area contributed by atoms with Gasteiger partial charge in [-0.15, -0.1) is 22.7 Å². The van der Waals surface area contributed by atoms with Crippen molar-refractivity contribution in [2.24, 2.45) is 0 Å². The Morgan fingerprint density at radius 1 is 1.43 bits per heavy atom. The molecule has 0 aliphatic heterocycles. The zero-order valence-corrected chi connectivity index (χ0v) is 8.43. The van der Waals surface area contributed by atoms with Crippen molar-refractivity contribution in [3.05, 3.63) is 16.4 Å². The number of nitrogens with zero attached hydrogens (tertiary/aromatic N) is 2. The molecule has 0 fully saturated rings. The monoisotopic (exact) mass is 227 g/mol. The van der Waals surface area contributed by atoms with E-state index >= 15 is 0 Å². The Bertz CT molecular complexity index is 437. The van der Waals surface area contributed by atoms with E-state index in [2.05, 4.69) is 15.3 Å². The van der Waals surface area contributed by atoms with E-state index in [1.54, 1.807) is 11.0 Å². The third-order valence-corrected chi connectivity index (χ3v) is 2.79. The predicted octanol–water partition coefficient (Wildman–Crippen LogP) is 2.36. The second-order valence-corrected chi connectivity index (χ2v) is 3.91. The summed E-state index contributed by atoms with van der Waals surface area (Å²) in [7, 11) is 0. The summed E-state index contributed by atoms with van der Waals surface area (Å²) in [4.78, 5) is 18.5. The lowest BCUT2D eigenvalue weighted by Gasteiger charge is -1.97. The van der Waals surface area contributed by atoms with Gasteiger partial charge in [0, 0.05) is 5.38 Å². The SMILES string of the molecule is O=C(O)Nc1scnc1-c1cscn1. The highest BCUT2D eigenvalue weighted by Gasteiger charge is 2.11. The molecule has 0 atom stereocenters. The van der Waals surface area contributed by atoms with Crippen molar-refractivity contribution in [2.45, 2.75) is 0 Å². The highest BCUT2D eigenvalue weighted by atomic mass is 32.1. The summed E-state index contributed by atoms with van der Waals surface area (Å²) < 4.78 is 0. The summed E-state index contributed by atoms with van der Waals surface area (Å²) in [6, 6.07) is 0. The van der Waals surface area contributed by atoms with Crippen LogP contribution >= 0.6 is 22.7 Å². The molecule has 72 valence electrons. The standard InChI is InChI=1S/C7H5N3O2S2/c11-7(12)10-6-5(9-3-14-6)4-1-13-2-8-4/h1-3,10H,(H,11,12). The van der Waals surface area contributed by atoms with Gasteiger partial charge in [-0.2, -0.15) is 0 Å². The maximum atomic E-state index is 10.4. The van der Waals surface area contributed by atoms with Gasteiger partial charge in [-0.25, -0.2) is 14.8 Å². The first-order chi connectivity index (χ1) is 6.77. The zero-order valence-electron chi connectivity index (χ0n) is 6.80. The number of rotatable bonds is 2. The number of amides is 1. The molecule has 0 saturated carbocycles. The topological polar surface area (TPSA) is 75.1 Å². The average molecular weight is 227 g/mol. The summed E-state index contributed by atoms with van der Waals surface area (Å²) >= 11 is 2.68. The van der Waals surface area contributed by atoms with Crippen molar-refractivity contribution in [1.29, 1.82) is 0 Å². The number of aromatic nitrogens is 2. The third-order valence-electron chi connectivity index (χ3n) is 1.46. The fourth-order valence-corrected chi connectivity index (χ4v) is 2.16. The van der Waals surface area contributed by atoms with Crippen molar-refractivity contribution >= 4 is 33.8 Å². The van der Waals surface area contributed by atoms with Gasteiger partial charge in [0.2, 0.25) is 0 Å². The molecule has 0 unspecified atom stereocenters. The molecule has 14 heavy (non-hydrogen) atoms. The molecule has 0 aliphatic carbocycles. The molecule has 0 spiro atoms. The Labute approximate surface area is 87.1 Å². The first-order valence-electron chi connectivity index (χ1n) is 3.59. The van der Waals surface area contributed by atoms with Crippen LogP contribution in [0, 0.1) is 0 Å². The van der Waals surface area contributed by atoms with Gasteiger partial charge in [0.05, 0.1) is 11.0 Å². The molecule has 7 heteroatoms. The molecule has 2 N–H and O–H groups in total. The molecule has 2 heterocycles. The summed E-state index contributed by atoms with van der Waals surface area (Å²) in [6.07, 6.45) is -1.09. The van der Waals surface area contributed by atoms with Gasteiger partial charge in [0.15, 0.2) is 0 Å². The third kappa shape index (κ3) is 1.73. The minimum atomic E-state index is -1.09. The molecule has 0 radical (unpaired) electrons. The minimum absolute atomic E-state index is 0.503. The van der Waals surface area contributed by atoms with Crippen LogP contribution in [-0.4, -0.2) is 21.2 Å². The molecule has 0 saturated heterocycles. The largest absolute Gasteiger partial charge is 0.465 e. The van der Waals surface area contributed by atoms with E-state index in [1.807, 2.05) is 5.38 Å². The lowest BCUT2D eigenvalue weighted by molar-refractivity contribution is 0.210. The Kier molecular flexibility index (Phi) is 2.42. The number of nitrogens with one attached hydrogen (secondary N) is 1. The van der Waals surface area contributed by atoms with Gasteiger partial charge in [0.25, 0.3) is 0 Å². The molecule has 0 aliphatic rings. The van der Waals surface area contributed by atoms with Crippen LogP contribution in [0.2, 0.25) is 0 Å². The number of thiazole rings is 2. The summed E-state index contributed by atoms with van der Waals surface area (Å²) in [5, 5.41) is 13.2.